The minimum atomic E-state index is 0.668. The van der Waals surface area contributed by atoms with E-state index >= 15 is 0 Å². The highest BCUT2D eigenvalue weighted by Gasteiger charge is 2.06. The molecule has 0 atom stereocenters. The molecular weight excluding hydrogens is 244 g/mol. The third-order valence-electron chi connectivity index (χ3n) is 2.53. The molecular formula is C14H12N2OS. The highest BCUT2D eigenvalue weighted by Crippen LogP contribution is 2.31. The van der Waals surface area contributed by atoms with Crippen LogP contribution in [-0.4, -0.2) is 9.97 Å². The van der Waals surface area contributed by atoms with Gasteiger partial charge in [0.25, 0.3) is 5.19 Å². The smallest absolute Gasteiger partial charge is 0.279 e. The molecule has 0 saturated carbocycles. The molecule has 2 heterocycles. The summed E-state index contributed by atoms with van der Waals surface area (Å²) in [5.74, 6) is 0.791. The fourth-order valence-electron chi connectivity index (χ4n) is 1.85. The molecule has 18 heavy (non-hydrogen) atoms. The van der Waals surface area contributed by atoms with Gasteiger partial charge in [-0.2, -0.15) is 0 Å². The summed E-state index contributed by atoms with van der Waals surface area (Å²) in [4.78, 5) is 8.76. The number of aromatic nitrogens is 2. The van der Waals surface area contributed by atoms with Crippen LogP contribution in [0.4, 0.5) is 0 Å². The van der Waals surface area contributed by atoms with Gasteiger partial charge in [-0.1, -0.05) is 23.5 Å². The molecule has 0 aliphatic rings. The number of ether oxygens (including phenoxy) is 1. The van der Waals surface area contributed by atoms with Gasteiger partial charge in [-0.3, -0.25) is 4.98 Å². The van der Waals surface area contributed by atoms with Gasteiger partial charge in [-0.25, -0.2) is 4.98 Å². The van der Waals surface area contributed by atoms with Gasteiger partial charge in [-0.05, 0) is 26.0 Å². The average molecular weight is 256 g/mol. The van der Waals surface area contributed by atoms with Crippen LogP contribution in [-0.2, 0) is 0 Å². The number of thiazole rings is 1. The van der Waals surface area contributed by atoms with Gasteiger partial charge in [0.2, 0.25) is 0 Å². The topological polar surface area (TPSA) is 35.0 Å². The molecule has 0 spiro atoms. The Labute approximate surface area is 109 Å². The van der Waals surface area contributed by atoms with E-state index in [0.29, 0.717) is 5.19 Å². The van der Waals surface area contributed by atoms with Crippen molar-refractivity contribution < 1.29 is 4.74 Å². The van der Waals surface area contributed by atoms with Crippen LogP contribution in [0.2, 0.25) is 0 Å². The third kappa shape index (κ3) is 2.19. The van der Waals surface area contributed by atoms with Crippen molar-refractivity contribution >= 4 is 21.6 Å². The Morgan fingerprint density at radius 3 is 2.44 bits per heavy atom. The number of hydrogen-bond acceptors (Lipinski definition) is 4. The average Bonchev–Trinajstić information content (AvgIpc) is 2.69. The summed E-state index contributed by atoms with van der Waals surface area (Å²) in [5.41, 5.74) is 2.87. The van der Waals surface area contributed by atoms with Crippen molar-refractivity contribution in [1.82, 2.24) is 9.97 Å². The molecule has 0 radical (unpaired) electrons. The lowest BCUT2D eigenvalue weighted by Gasteiger charge is -2.03. The monoisotopic (exact) mass is 256 g/mol. The van der Waals surface area contributed by atoms with Crippen LogP contribution in [0.25, 0.3) is 10.2 Å². The summed E-state index contributed by atoms with van der Waals surface area (Å²) in [5, 5.41) is 0.668. The van der Waals surface area contributed by atoms with E-state index in [0.717, 1.165) is 27.4 Å². The molecule has 1 aromatic carbocycles. The molecule has 0 aliphatic heterocycles. The van der Waals surface area contributed by atoms with Crippen molar-refractivity contribution in [2.45, 2.75) is 13.8 Å². The first kappa shape index (κ1) is 11.2. The molecule has 0 unspecified atom stereocenters. The second-order valence-electron chi connectivity index (χ2n) is 4.14. The first-order chi connectivity index (χ1) is 8.70. The quantitative estimate of drug-likeness (QED) is 0.692. The number of pyridine rings is 1. The third-order valence-corrected chi connectivity index (χ3v) is 3.45. The Kier molecular flexibility index (Phi) is 2.72. The zero-order valence-electron chi connectivity index (χ0n) is 10.2. The van der Waals surface area contributed by atoms with E-state index in [1.54, 1.807) is 11.3 Å². The van der Waals surface area contributed by atoms with E-state index in [1.165, 1.54) is 0 Å². The van der Waals surface area contributed by atoms with Crippen LogP contribution in [0.15, 0.2) is 36.4 Å². The zero-order valence-corrected chi connectivity index (χ0v) is 11.0. The van der Waals surface area contributed by atoms with Gasteiger partial charge in [0.05, 0.1) is 10.2 Å². The summed E-state index contributed by atoms with van der Waals surface area (Å²) in [6.45, 7) is 3.91. The van der Waals surface area contributed by atoms with Crippen molar-refractivity contribution in [3.8, 4) is 10.9 Å². The summed E-state index contributed by atoms with van der Waals surface area (Å²) >= 11 is 1.55. The number of nitrogens with zero attached hydrogens (tertiary/aromatic N) is 2. The molecule has 90 valence electrons. The lowest BCUT2D eigenvalue weighted by atomic mass is 10.3. The molecule has 0 bridgehead atoms. The van der Waals surface area contributed by atoms with Crippen LogP contribution in [0.5, 0.6) is 10.9 Å². The minimum absolute atomic E-state index is 0.668. The SMILES string of the molecule is Cc1cc(Oc2nc3ccccc3s2)cc(C)n1. The van der Waals surface area contributed by atoms with E-state index in [4.69, 9.17) is 4.74 Å². The van der Waals surface area contributed by atoms with Crippen molar-refractivity contribution in [3.63, 3.8) is 0 Å². The van der Waals surface area contributed by atoms with Gasteiger partial charge in [0, 0.05) is 23.5 Å². The van der Waals surface area contributed by atoms with E-state index in [9.17, 15) is 0 Å². The van der Waals surface area contributed by atoms with E-state index in [-0.39, 0.29) is 0 Å². The normalized spacial score (nSPS) is 10.8. The Morgan fingerprint density at radius 1 is 1.00 bits per heavy atom. The van der Waals surface area contributed by atoms with E-state index < -0.39 is 0 Å². The van der Waals surface area contributed by atoms with Crippen LogP contribution >= 0.6 is 11.3 Å². The first-order valence-corrected chi connectivity index (χ1v) is 6.51. The number of para-hydroxylation sites is 1. The van der Waals surface area contributed by atoms with Gasteiger partial charge >= 0.3 is 0 Å². The van der Waals surface area contributed by atoms with Crippen molar-refractivity contribution in [1.29, 1.82) is 0 Å². The molecule has 0 amide bonds. The predicted octanol–water partition coefficient (Wildman–Crippen LogP) is 4.10. The van der Waals surface area contributed by atoms with Gasteiger partial charge in [-0.15, -0.1) is 0 Å². The van der Waals surface area contributed by atoms with Crippen LogP contribution in [0.1, 0.15) is 11.4 Å². The summed E-state index contributed by atoms with van der Waals surface area (Å²) in [7, 11) is 0. The maximum atomic E-state index is 5.79. The van der Waals surface area contributed by atoms with Crippen LogP contribution in [0, 0.1) is 13.8 Å². The Balaban J connectivity index is 1.96. The molecule has 4 heteroatoms. The maximum Gasteiger partial charge on any atom is 0.279 e. The Morgan fingerprint density at radius 2 is 1.72 bits per heavy atom. The molecule has 3 aromatic rings. The fourth-order valence-corrected chi connectivity index (χ4v) is 2.69. The van der Waals surface area contributed by atoms with Crippen molar-refractivity contribution in [3.05, 3.63) is 47.8 Å². The molecule has 0 aliphatic carbocycles. The summed E-state index contributed by atoms with van der Waals surface area (Å²) in [6.07, 6.45) is 0. The second kappa shape index (κ2) is 4.38. The number of hydrogen-bond donors (Lipinski definition) is 0. The minimum Gasteiger partial charge on any atom is -0.431 e. The van der Waals surface area contributed by atoms with Crippen LogP contribution < -0.4 is 4.74 Å². The standard InChI is InChI=1S/C14H12N2OS/c1-9-7-11(8-10(2)15-9)17-14-16-12-5-3-4-6-13(12)18-14/h3-8H,1-2H3. The zero-order chi connectivity index (χ0) is 12.5. The highest BCUT2D eigenvalue weighted by atomic mass is 32.1. The molecule has 3 nitrogen and oxygen atoms in total. The van der Waals surface area contributed by atoms with Gasteiger partial charge in [0.15, 0.2) is 0 Å². The number of aryl methyl sites for hydroxylation is 2. The Bertz CT molecular complexity index is 653. The van der Waals surface area contributed by atoms with Crippen LogP contribution in [0.3, 0.4) is 0 Å². The van der Waals surface area contributed by atoms with E-state index in [2.05, 4.69) is 9.97 Å². The first-order valence-electron chi connectivity index (χ1n) is 5.69. The summed E-state index contributed by atoms with van der Waals surface area (Å²) < 4.78 is 6.93. The number of benzene rings is 1. The van der Waals surface area contributed by atoms with Gasteiger partial charge in [0.1, 0.15) is 5.75 Å². The lowest BCUT2D eigenvalue weighted by Crippen LogP contribution is -1.89. The molecule has 3 rings (SSSR count). The molecule has 0 fully saturated rings. The second-order valence-corrected chi connectivity index (χ2v) is 5.13. The molecule has 0 saturated heterocycles. The van der Waals surface area contributed by atoms with Gasteiger partial charge < -0.3 is 4.74 Å². The number of fused-ring (bicyclic) bond motifs is 1. The van der Waals surface area contributed by atoms with E-state index in [1.807, 2.05) is 50.2 Å². The predicted molar refractivity (Wildman–Crippen MR) is 73.4 cm³/mol. The fraction of sp³-hybridized carbons (Fsp3) is 0.143. The lowest BCUT2D eigenvalue weighted by molar-refractivity contribution is 0.478. The summed E-state index contributed by atoms with van der Waals surface area (Å²) in [6, 6.07) is 11.8. The molecule has 0 N–H and O–H groups in total. The largest absolute Gasteiger partial charge is 0.431 e. The number of rotatable bonds is 2. The highest BCUT2D eigenvalue weighted by molar-refractivity contribution is 7.20. The van der Waals surface area contributed by atoms with Crippen molar-refractivity contribution in [2.24, 2.45) is 0 Å². The van der Waals surface area contributed by atoms with Crippen molar-refractivity contribution in [2.75, 3.05) is 0 Å². The Hall–Kier alpha value is -1.94. The maximum absolute atomic E-state index is 5.79. The molecule has 2 aromatic heterocycles.